The zero-order valence-electron chi connectivity index (χ0n) is 25.9. The molecule has 3 aliphatic carbocycles. The summed E-state index contributed by atoms with van der Waals surface area (Å²) in [5.74, 6) is -1.04. The molecule has 5 nitrogen and oxygen atoms in total. The smallest absolute Gasteiger partial charge is 0.303 e. The second-order valence-electron chi connectivity index (χ2n) is 14.9. The average Bonchev–Trinajstić information content (AvgIpc) is 2.88. The van der Waals surface area contributed by atoms with Gasteiger partial charge in [-0.15, -0.1) is 0 Å². The first-order valence-electron chi connectivity index (χ1n) is 15.1. The second kappa shape index (κ2) is 10.6. The van der Waals surface area contributed by atoms with Crippen molar-refractivity contribution in [2.24, 2.45) is 44.8 Å². The van der Waals surface area contributed by atoms with Crippen LogP contribution in [0.1, 0.15) is 120 Å². The molecule has 1 unspecified atom stereocenters. The molecule has 0 aromatic heterocycles. The molecule has 0 amide bonds. The maximum absolute atomic E-state index is 13.6. The molecule has 3 aliphatic rings. The van der Waals surface area contributed by atoms with Gasteiger partial charge in [-0.2, -0.15) is 5.26 Å². The minimum Gasteiger partial charge on any atom is -0.481 e. The SMILES string of the molecule is CCC(C)(C)CC[C@](C)(CCC(=O)O)CC[C@]1(C)C(C)C(=O)C=C2[C@@]3(C)C=C(C#N)C(=O)[C@@H](C)[C@@H]3CC[C@]21C. The first kappa shape index (κ1) is 31.3. The summed E-state index contributed by atoms with van der Waals surface area (Å²) in [4.78, 5) is 38.1. The number of carboxylic acids is 1. The molecular formula is C34H51NO4. The number of Topliss-reactive ketones (excluding diaryl/α,β-unsaturated/α-hetero) is 1. The van der Waals surface area contributed by atoms with E-state index in [0.29, 0.717) is 6.42 Å². The van der Waals surface area contributed by atoms with E-state index < -0.39 is 11.4 Å². The maximum Gasteiger partial charge on any atom is 0.303 e. The maximum atomic E-state index is 13.6. The number of ketones is 2. The van der Waals surface area contributed by atoms with Gasteiger partial charge in [0.25, 0.3) is 0 Å². The molecule has 0 aromatic carbocycles. The van der Waals surface area contributed by atoms with Crippen molar-refractivity contribution in [1.29, 1.82) is 5.26 Å². The third-order valence-corrected chi connectivity index (χ3v) is 12.2. The highest BCUT2D eigenvalue weighted by Gasteiger charge is 2.62. The van der Waals surface area contributed by atoms with Gasteiger partial charge in [0, 0.05) is 23.7 Å². The molecule has 0 saturated heterocycles. The highest BCUT2D eigenvalue weighted by Crippen LogP contribution is 2.68. The Balaban J connectivity index is 2.01. The largest absolute Gasteiger partial charge is 0.481 e. The van der Waals surface area contributed by atoms with Crippen LogP contribution in [-0.4, -0.2) is 22.6 Å². The Bertz CT molecular complexity index is 1120. The molecule has 1 fully saturated rings. The van der Waals surface area contributed by atoms with Crippen LogP contribution in [0.4, 0.5) is 0 Å². The zero-order valence-corrected chi connectivity index (χ0v) is 25.9. The minimum absolute atomic E-state index is 0.0731. The van der Waals surface area contributed by atoms with Crippen molar-refractivity contribution in [3.63, 3.8) is 0 Å². The van der Waals surface area contributed by atoms with Crippen LogP contribution in [0.3, 0.4) is 0 Å². The molecule has 3 rings (SSSR count). The highest BCUT2D eigenvalue weighted by molar-refractivity contribution is 6.02. The average molecular weight is 538 g/mol. The number of nitrogens with zero attached hydrogens (tertiary/aromatic N) is 1. The summed E-state index contributed by atoms with van der Waals surface area (Å²) in [7, 11) is 0. The normalized spacial score (nSPS) is 36.2. The Morgan fingerprint density at radius 1 is 1.10 bits per heavy atom. The van der Waals surface area contributed by atoms with E-state index in [9.17, 15) is 24.8 Å². The molecule has 1 N–H and O–H groups in total. The van der Waals surface area contributed by atoms with Crippen molar-refractivity contribution >= 4 is 17.5 Å². The lowest BCUT2D eigenvalue weighted by molar-refractivity contribution is -0.137. The van der Waals surface area contributed by atoms with Gasteiger partial charge >= 0.3 is 5.97 Å². The Hall–Kier alpha value is -2.22. The van der Waals surface area contributed by atoms with Gasteiger partial charge in [0.1, 0.15) is 6.07 Å². The van der Waals surface area contributed by atoms with Gasteiger partial charge < -0.3 is 5.11 Å². The molecule has 39 heavy (non-hydrogen) atoms. The van der Waals surface area contributed by atoms with E-state index in [-0.39, 0.29) is 63.0 Å². The predicted molar refractivity (Wildman–Crippen MR) is 155 cm³/mol. The van der Waals surface area contributed by atoms with Crippen molar-refractivity contribution in [1.82, 2.24) is 0 Å². The van der Waals surface area contributed by atoms with Crippen LogP contribution in [0.2, 0.25) is 0 Å². The summed E-state index contributed by atoms with van der Waals surface area (Å²) < 4.78 is 0. The van der Waals surface area contributed by atoms with Gasteiger partial charge in [-0.05, 0) is 78.6 Å². The number of rotatable bonds is 10. The molecular weight excluding hydrogens is 486 g/mol. The van der Waals surface area contributed by atoms with Crippen LogP contribution >= 0.6 is 0 Å². The van der Waals surface area contributed by atoms with Crippen LogP contribution in [0, 0.1) is 56.2 Å². The van der Waals surface area contributed by atoms with Crippen LogP contribution in [0.5, 0.6) is 0 Å². The van der Waals surface area contributed by atoms with Crippen LogP contribution in [-0.2, 0) is 14.4 Å². The summed E-state index contributed by atoms with van der Waals surface area (Å²) in [6.07, 6.45) is 11.1. The molecule has 0 spiro atoms. The molecule has 0 bridgehead atoms. The van der Waals surface area contributed by atoms with Gasteiger partial charge in [-0.3, -0.25) is 14.4 Å². The second-order valence-corrected chi connectivity index (χ2v) is 14.9. The fourth-order valence-corrected chi connectivity index (χ4v) is 8.13. The Kier molecular flexibility index (Phi) is 8.54. The fraction of sp³-hybridized carbons (Fsp3) is 0.765. The lowest BCUT2D eigenvalue weighted by Gasteiger charge is -2.63. The Morgan fingerprint density at radius 3 is 2.31 bits per heavy atom. The Labute approximate surface area is 236 Å². The number of carboxylic acid groups (broad SMARTS) is 1. The standard InChI is InChI=1S/C34H51NO4/c1-10-30(4,5)15-16-31(6,13-12-28(37)38)17-18-33(8)23(3)26(36)19-27-32(7)20-24(21-35)29(39)22(2)25(32)11-14-34(27,33)9/h19-20,22-23,25H,10-18H2,1-9H3,(H,37,38)/t22-,23?,25-,31-,32-,33+,34+/m0/s1. The zero-order chi connectivity index (χ0) is 29.6. The van der Waals surface area contributed by atoms with Crippen LogP contribution in [0.15, 0.2) is 23.3 Å². The summed E-state index contributed by atoms with van der Waals surface area (Å²) >= 11 is 0. The lowest BCUT2D eigenvalue weighted by atomic mass is 9.40. The van der Waals surface area contributed by atoms with Crippen molar-refractivity contribution < 1.29 is 19.5 Å². The number of allylic oxidation sites excluding steroid dienone is 4. The topological polar surface area (TPSA) is 95.2 Å². The summed E-state index contributed by atoms with van der Waals surface area (Å²) in [5, 5.41) is 19.3. The highest BCUT2D eigenvalue weighted by atomic mass is 16.4. The third kappa shape index (κ3) is 5.42. The lowest BCUT2D eigenvalue weighted by Crippen LogP contribution is -2.58. The molecule has 5 heteroatoms. The molecule has 0 aromatic rings. The fourth-order valence-electron chi connectivity index (χ4n) is 8.13. The van der Waals surface area contributed by atoms with E-state index in [1.165, 1.54) is 0 Å². The van der Waals surface area contributed by atoms with E-state index in [4.69, 9.17) is 0 Å². The van der Waals surface area contributed by atoms with E-state index in [1.807, 2.05) is 19.1 Å². The molecule has 0 radical (unpaired) electrons. The van der Waals surface area contributed by atoms with Crippen LogP contribution < -0.4 is 0 Å². The number of hydrogen-bond donors (Lipinski definition) is 1. The van der Waals surface area contributed by atoms with Crippen molar-refractivity contribution in [2.75, 3.05) is 0 Å². The number of hydrogen-bond acceptors (Lipinski definition) is 4. The van der Waals surface area contributed by atoms with Gasteiger partial charge in [0.2, 0.25) is 0 Å². The number of carbonyl (C=O) groups is 3. The number of aliphatic carboxylic acids is 1. The van der Waals surface area contributed by atoms with Crippen molar-refractivity contribution in [2.45, 2.75) is 120 Å². The van der Waals surface area contributed by atoms with E-state index in [0.717, 1.165) is 50.5 Å². The van der Waals surface area contributed by atoms with Crippen LogP contribution in [0.25, 0.3) is 0 Å². The third-order valence-electron chi connectivity index (χ3n) is 12.2. The van der Waals surface area contributed by atoms with E-state index >= 15 is 0 Å². The molecule has 0 aliphatic heterocycles. The molecule has 7 atom stereocenters. The number of fused-ring (bicyclic) bond motifs is 3. The summed E-state index contributed by atoms with van der Waals surface area (Å²) in [5.41, 5.74) is 0.284. The minimum atomic E-state index is -0.757. The predicted octanol–water partition coefficient (Wildman–Crippen LogP) is 8.10. The Morgan fingerprint density at radius 2 is 1.74 bits per heavy atom. The summed E-state index contributed by atoms with van der Waals surface area (Å²) in [6.45, 7) is 19.7. The van der Waals surface area contributed by atoms with Gasteiger partial charge in [0.15, 0.2) is 11.6 Å². The molecule has 0 heterocycles. The van der Waals surface area contributed by atoms with Gasteiger partial charge in [-0.25, -0.2) is 0 Å². The first-order valence-corrected chi connectivity index (χ1v) is 15.1. The van der Waals surface area contributed by atoms with Crippen molar-refractivity contribution in [3.05, 3.63) is 23.3 Å². The molecule has 1 saturated carbocycles. The number of nitriles is 1. The molecule has 216 valence electrons. The van der Waals surface area contributed by atoms with Crippen molar-refractivity contribution in [3.8, 4) is 6.07 Å². The van der Waals surface area contributed by atoms with Gasteiger partial charge in [-0.1, -0.05) is 80.4 Å². The monoisotopic (exact) mass is 537 g/mol. The summed E-state index contributed by atoms with van der Waals surface area (Å²) in [6, 6.07) is 2.14. The van der Waals surface area contributed by atoms with E-state index in [1.54, 1.807) is 0 Å². The quantitative estimate of drug-likeness (QED) is 0.304. The van der Waals surface area contributed by atoms with Gasteiger partial charge in [0.05, 0.1) is 5.57 Å². The number of carbonyl (C=O) groups excluding carboxylic acids is 2. The van der Waals surface area contributed by atoms with E-state index in [2.05, 4.69) is 61.5 Å². The first-order chi connectivity index (χ1) is 17.9.